The predicted octanol–water partition coefficient (Wildman–Crippen LogP) is 4.71. The van der Waals surface area contributed by atoms with Crippen molar-refractivity contribution in [1.29, 1.82) is 5.26 Å². The molecule has 12 heteroatoms. The third kappa shape index (κ3) is 5.39. The lowest BCUT2D eigenvalue weighted by molar-refractivity contribution is 0.0935. The van der Waals surface area contributed by atoms with Crippen molar-refractivity contribution < 1.29 is 13.6 Å². The molecule has 4 N–H and O–H groups in total. The van der Waals surface area contributed by atoms with E-state index in [-0.39, 0.29) is 17.2 Å². The molecule has 0 radical (unpaired) electrons. The van der Waals surface area contributed by atoms with Crippen LogP contribution in [0.15, 0.2) is 60.9 Å². The van der Waals surface area contributed by atoms with Gasteiger partial charge in [-0.1, -0.05) is 30.3 Å². The summed E-state index contributed by atoms with van der Waals surface area (Å²) >= 11 is 0. The number of rotatable bonds is 8. The molecule has 0 aliphatic rings. The number of nitriles is 1. The fraction of sp³-hybridized carbons (Fsp3) is 0.143. The molecule has 40 heavy (non-hydrogen) atoms. The summed E-state index contributed by atoms with van der Waals surface area (Å²) in [6, 6.07) is 14.4. The van der Waals surface area contributed by atoms with Crippen LogP contribution in [0.5, 0.6) is 0 Å². The first-order chi connectivity index (χ1) is 19.4. The van der Waals surface area contributed by atoms with E-state index >= 15 is 0 Å². The van der Waals surface area contributed by atoms with Gasteiger partial charge in [0.25, 0.3) is 5.91 Å². The second kappa shape index (κ2) is 11.1. The van der Waals surface area contributed by atoms with Crippen LogP contribution >= 0.6 is 0 Å². The molecular formula is C28H23F2N9O. The van der Waals surface area contributed by atoms with Gasteiger partial charge >= 0.3 is 0 Å². The first-order valence-electron chi connectivity index (χ1n) is 12.2. The van der Waals surface area contributed by atoms with Gasteiger partial charge in [0.1, 0.15) is 6.07 Å². The summed E-state index contributed by atoms with van der Waals surface area (Å²) in [6.07, 6.45) is 3.03. The number of carbonyl (C=O) groups is 1. The molecule has 2 aromatic carbocycles. The maximum absolute atomic E-state index is 13.7. The van der Waals surface area contributed by atoms with E-state index in [1.165, 1.54) is 12.3 Å². The van der Waals surface area contributed by atoms with Gasteiger partial charge in [-0.15, -0.1) is 0 Å². The Morgan fingerprint density at radius 1 is 1.02 bits per heavy atom. The lowest BCUT2D eigenvalue weighted by Crippen LogP contribution is -2.29. The highest BCUT2D eigenvalue weighted by atomic mass is 19.2. The van der Waals surface area contributed by atoms with E-state index in [1.807, 2.05) is 36.4 Å². The Hall–Kier alpha value is -5.44. The molecule has 5 aromatic rings. The molecule has 0 aliphatic carbocycles. The number of fused-ring (bicyclic) bond motifs is 1. The number of hydrogen-bond acceptors (Lipinski definition) is 8. The Balaban J connectivity index is 1.31. The molecule has 1 amide bonds. The Bertz CT molecular complexity index is 1750. The molecule has 0 fully saturated rings. The SMILES string of the molecule is CNc1n[nH]c2ncc(-c3ccc(CNc4ncc(C#N)nc4C(=O)NC(C)c4ccc(F)c(F)c4)cc3)cc12. The van der Waals surface area contributed by atoms with E-state index in [0.29, 0.717) is 23.6 Å². The number of aromatic nitrogens is 5. The summed E-state index contributed by atoms with van der Waals surface area (Å²) in [5.74, 6) is -1.73. The highest BCUT2D eigenvalue weighted by molar-refractivity contribution is 5.97. The zero-order valence-corrected chi connectivity index (χ0v) is 21.5. The van der Waals surface area contributed by atoms with Gasteiger partial charge in [0.15, 0.2) is 40.3 Å². The first kappa shape index (κ1) is 26.2. The Morgan fingerprint density at radius 2 is 1.82 bits per heavy atom. The molecule has 0 saturated heterocycles. The molecule has 3 heterocycles. The van der Waals surface area contributed by atoms with Gasteiger partial charge in [-0.25, -0.2) is 23.7 Å². The fourth-order valence-corrected chi connectivity index (χ4v) is 4.11. The van der Waals surface area contributed by atoms with Gasteiger partial charge in [-0.2, -0.15) is 10.4 Å². The number of nitrogens with one attached hydrogen (secondary N) is 4. The van der Waals surface area contributed by atoms with Crippen molar-refractivity contribution in [3.05, 3.63) is 95.1 Å². The van der Waals surface area contributed by atoms with Crippen molar-refractivity contribution in [2.45, 2.75) is 19.5 Å². The number of carbonyl (C=O) groups excluding carboxylic acids is 1. The average molecular weight is 540 g/mol. The second-order valence-electron chi connectivity index (χ2n) is 8.93. The Morgan fingerprint density at radius 3 is 2.55 bits per heavy atom. The van der Waals surface area contributed by atoms with Crippen LogP contribution in [0.3, 0.4) is 0 Å². The normalized spacial score (nSPS) is 11.6. The van der Waals surface area contributed by atoms with E-state index in [0.717, 1.165) is 34.2 Å². The number of halogens is 2. The number of benzene rings is 2. The summed E-state index contributed by atoms with van der Waals surface area (Å²) in [5, 5.41) is 26.1. The van der Waals surface area contributed by atoms with Crippen molar-refractivity contribution in [2.24, 2.45) is 0 Å². The number of hydrogen-bond donors (Lipinski definition) is 4. The van der Waals surface area contributed by atoms with Crippen LogP contribution in [0.4, 0.5) is 20.4 Å². The molecule has 0 spiro atoms. The molecule has 10 nitrogen and oxygen atoms in total. The van der Waals surface area contributed by atoms with Crippen LogP contribution < -0.4 is 16.0 Å². The van der Waals surface area contributed by atoms with E-state index in [9.17, 15) is 18.8 Å². The molecule has 1 unspecified atom stereocenters. The summed E-state index contributed by atoms with van der Waals surface area (Å²) in [4.78, 5) is 25.8. The maximum atomic E-state index is 13.7. The van der Waals surface area contributed by atoms with Crippen LogP contribution in [0.25, 0.3) is 22.2 Å². The van der Waals surface area contributed by atoms with E-state index in [1.54, 1.807) is 20.2 Å². The molecule has 5 rings (SSSR count). The maximum Gasteiger partial charge on any atom is 0.274 e. The van der Waals surface area contributed by atoms with Crippen LogP contribution in [0.1, 0.15) is 40.3 Å². The summed E-state index contributed by atoms with van der Waals surface area (Å²) in [5.41, 5.74) is 3.73. The van der Waals surface area contributed by atoms with Gasteiger partial charge in [0, 0.05) is 25.4 Å². The lowest BCUT2D eigenvalue weighted by atomic mass is 10.0. The molecule has 1 atom stereocenters. The van der Waals surface area contributed by atoms with Gasteiger partial charge in [-0.3, -0.25) is 9.89 Å². The van der Waals surface area contributed by atoms with E-state index in [4.69, 9.17) is 0 Å². The van der Waals surface area contributed by atoms with Crippen molar-refractivity contribution in [2.75, 3.05) is 17.7 Å². The van der Waals surface area contributed by atoms with Crippen molar-refractivity contribution in [1.82, 2.24) is 30.5 Å². The molecule has 3 aromatic heterocycles. The summed E-state index contributed by atoms with van der Waals surface area (Å²) < 4.78 is 27.0. The smallest absolute Gasteiger partial charge is 0.274 e. The third-order valence-electron chi connectivity index (χ3n) is 6.29. The number of pyridine rings is 1. The van der Waals surface area contributed by atoms with Gasteiger partial charge in [0.2, 0.25) is 0 Å². The zero-order valence-electron chi connectivity index (χ0n) is 21.5. The van der Waals surface area contributed by atoms with Crippen molar-refractivity contribution in [3.63, 3.8) is 0 Å². The second-order valence-corrected chi connectivity index (χ2v) is 8.93. The minimum absolute atomic E-state index is 0.0369. The Labute approximate surface area is 227 Å². The minimum atomic E-state index is -1.01. The zero-order chi connectivity index (χ0) is 28.2. The van der Waals surface area contributed by atoms with Crippen LogP contribution in [-0.4, -0.2) is 38.1 Å². The number of nitrogens with zero attached hydrogens (tertiary/aromatic N) is 5. The molecule has 200 valence electrons. The number of H-pyrrole nitrogens is 1. The van der Waals surface area contributed by atoms with Crippen LogP contribution in [-0.2, 0) is 6.54 Å². The number of amides is 1. The third-order valence-corrected chi connectivity index (χ3v) is 6.29. The average Bonchev–Trinajstić information content (AvgIpc) is 3.40. The van der Waals surface area contributed by atoms with Crippen molar-refractivity contribution >= 4 is 28.6 Å². The van der Waals surface area contributed by atoms with Crippen molar-refractivity contribution in [3.8, 4) is 17.2 Å². The molecule has 0 bridgehead atoms. The first-order valence-corrected chi connectivity index (χ1v) is 12.2. The number of aromatic amines is 1. The van der Waals surface area contributed by atoms with Crippen LogP contribution in [0.2, 0.25) is 0 Å². The summed E-state index contributed by atoms with van der Waals surface area (Å²) in [6.45, 7) is 1.95. The quantitative estimate of drug-likeness (QED) is 0.222. The monoisotopic (exact) mass is 539 g/mol. The van der Waals surface area contributed by atoms with Gasteiger partial charge in [0.05, 0.1) is 17.6 Å². The Kier molecular flexibility index (Phi) is 7.28. The van der Waals surface area contributed by atoms with E-state index < -0.39 is 23.6 Å². The molecule has 0 saturated carbocycles. The highest BCUT2D eigenvalue weighted by Gasteiger charge is 2.19. The highest BCUT2D eigenvalue weighted by Crippen LogP contribution is 2.26. The van der Waals surface area contributed by atoms with Gasteiger partial charge < -0.3 is 16.0 Å². The van der Waals surface area contributed by atoms with Crippen LogP contribution in [0, 0.1) is 23.0 Å². The fourth-order valence-electron chi connectivity index (χ4n) is 4.11. The number of anilines is 2. The standard InChI is InChI=1S/C28H23F2N9O/c1-15(18-7-8-22(29)23(30)10-18)36-28(40)24-27(35-14-20(11-31)37-24)33-12-16-3-5-17(6-4-16)19-9-21-25(32-2)38-39-26(21)34-13-19/h3-10,13-15H,12H2,1-2H3,(H,33,35)(H,36,40)(H2,32,34,38,39). The lowest BCUT2D eigenvalue weighted by Gasteiger charge is -2.16. The van der Waals surface area contributed by atoms with E-state index in [2.05, 4.69) is 41.1 Å². The molecule has 0 aliphatic heterocycles. The minimum Gasteiger partial charge on any atom is -0.371 e. The summed E-state index contributed by atoms with van der Waals surface area (Å²) in [7, 11) is 1.80. The topological polar surface area (TPSA) is 144 Å². The predicted molar refractivity (Wildman–Crippen MR) is 145 cm³/mol. The molecular weight excluding hydrogens is 516 g/mol. The van der Waals surface area contributed by atoms with Gasteiger partial charge in [-0.05, 0) is 41.8 Å². The largest absolute Gasteiger partial charge is 0.371 e.